The van der Waals surface area contributed by atoms with Crippen LogP contribution in [0.15, 0.2) is 70.4 Å². The number of benzene rings is 2. The van der Waals surface area contributed by atoms with Crippen LogP contribution in [-0.4, -0.2) is 16.1 Å². The number of hydrogen-bond acceptors (Lipinski definition) is 6. The Hall–Kier alpha value is -2.97. The van der Waals surface area contributed by atoms with Gasteiger partial charge in [0.1, 0.15) is 6.61 Å². The summed E-state index contributed by atoms with van der Waals surface area (Å²) in [6.07, 6.45) is 2.92. The zero-order valence-corrected chi connectivity index (χ0v) is 16.7. The van der Waals surface area contributed by atoms with E-state index >= 15 is 0 Å². The highest BCUT2D eigenvalue weighted by Crippen LogP contribution is 2.34. The lowest BCUT2D eigenvalue weighted by molar-refractivity contribution is -0.384. The van der Waals surface area contributed by atoms with E-state index in [0.29, 0.717) is 27.4 Å². The maximum Gasteiger partial charge on any atom is 0.313 e. The maximum absolute atomic E-state index is 11.0. The first-order chi connectivity index (χ1) is 13.5. The van der Waals surface area contributed by atoms with Gasteiger partial charge in [-0.25, -0.2) is 4.98 Å². The minimum atomic E-state index is -0.531. The predicted octanol–water partition coefficient (Wildman–Crippen LogP) is 5.43. The van der Waals surface area contributed by atoms with Crippen molar-refractivity contribution in [1.29, 1.82) is 0 Å². The number of halogens is 2. The summed E-state index contributed by atoms with van der Waals surface area (Å²) in [7, 11) is 0. The zero-order chi connectivity index (χ0) is 19.9. The molecule has 0 atom stereocenters. The van der Waals surface area contributed by atoms with Crippen molar-refractivity contribution in [1.82, 2.24) is 4.98 Å². The third-order valence-electron chi connectivity index (χ3n) is 3.61. The molecular weight excluding hydrogens is 448 g/mol. The van der Waals surface area contributed by atoms with Crippen molar-refractivity contribution in [2.75, 3.05) is 5.43 Å². The molecule has 1 N–H and O–H groups in total. The van der Waals surface area contributed by atoms with Crippen LogP contribution in [0.5, 0.6) is 5.75 Å². The van der Waals surface area contributed by atoms with Gasteiger partial charge >= 0.3 is 5.69 Å². The molecule has 0 amide bonds. The van der Waals surface area contributed by atoms with Gasteiger partial charge in [-0.15, -0.1) is 0 Å². The average Bonchev–Trinajstić information content (AvgIpc) is 2.68. The third kappa shape index (κ3) is 5.05. The zero-order valence-electron chi connectivity index (χ0n) is 14.4. The SMILES string of the molecule is O=[N+]([O-])c1cccnc1N/N=C\c1cc(Cl)c(OCc2ccccc2)c(Br)c1. The molecule has 0 fully saturated rings. The molecule has 3 aromatic rings. The first kappa shape index (κ1) is 19.8. The molecule has 0 saturated carbocycles. The molecule has 0 aliphatic carbocycles. The summed E-state index contributed by atoms with van der Waals surface area (Å²) in [5, 5.41) is 15.4. The molecule has 1 heterocycles. The van der Waals surface area contributed by atoms with E-state index in [-0.39, 0.29) is 11.5 Å². The Morgan fingerprint density at radius 2 is 2.04 bits per heavy atom. The lowest BCUT2D eigenvalue weighted by Crippen LogP contribution is -1.99. The van der Waals surface area contributed by atoms with Crippen molar-refractivity contribution < 1.29 is 9.66 Å². The number of hydrogen-bond donors (Lipinski definition) is 1. The second kappa shape index (κ2) is 9.29. The number of hydrazone groups is 1. The van der Waals surface area contributed by atoms with E-state index in [0.717, 1.165) is 5.56 Å². The molecule has 0 spiro atoms. The molecular formula is C19H14BrClN4O3. The number of anilines is 1. The molecule has 2 aromatic carbocycles. The quantitative estimate of drug-likeness (QED) is 0.288. The highest BCUT2D eigenvalue weighted by Gasteiger charge is 2.13. The molecule has 0 aliphatic heterocycles. The Labute approximate surface area is 174 Å². The summed E-state index contributed by atoms with van der Waals surface area (Å²) in [4.78, 5) is 14.4. The Balaban J connectivity index is 1.70. The molecule has 1 aromatic heterocycles. The van der Waals surface area contributed by atoms with Crippen molar-refractivity contribution in [3.05, 3.63) is 91.5 Å². The van der Waals surface area contributed by atoms with Gasteiger partial charge in [0.25, 0.3) is 0 Å². The Morgan fingerprint density at radius 1 is 1.25 bits per heavy atom. The van der Waals surface area contributed by atoms with Crippen LogP contribution in [0, 0.1) is 10.1 Å². The minimum Gasteiger partial charge on any atom is -0.486 e. The fraction of sp³-hybridized carbons (Fsp3) is 0.0526. The van der Waals surface area contributed by atoms with Gasteiger partial charge in [-0.05, 0) is 45.3 Å². The van der Waals surface area contributed by atoms with Crippen LogP contribution in [0.25, 0.3) is 0 Å². The van der Waals surface area contributed by atoms with Crippen LogP contribution < -0.4 is 10.2 Å². The summed E-state index contributed by atoms with van der Waals surface area (Å²) in [5.41, 5.74) is 4.11. The van der Waals surface area contributed by atoms with Gasteiger partial charge in [-0.1, -0.05) is 41.9 Å². The van der Waals surface area contributed by atoms with E-state index in [4.69, 9.17) is 16.3 Å². The normalized spacial score (nSPS) is 10.8. The number of nitrogens with zero attached hydrogens (tertiary/aromatic N) is 3. The molecule has 0 radical (unpaired) electrons. The maximum atomic E-state index is 11.0. The van der Waals surface area contributed by atoms with E-state index in [1.54, 1.807) is 12.1 Å². The van der Waals surface area contributed by atoms with Crippen LogP contribution >= 0.6 is 27.5 Å². The number of nitro groups is 1. The highest BCUT2D eigenvalue weighted by atomic mass is 79.9. The predicted molar refractivity (Wildman–Crippen MR) is 112 cm³/mol. The molecule has 7 nitrogen and oxygen atoms in total. The summed E-state index contributed by atoms with van der Waals surface area (Å²) < 4.78 is 6.47. The van der Waals surface area contributed by atoms with E-state index in [2.05, 4.69) is 31.4 Å². The van der Waals surface area contributed by atoms with Gasteiger partial charge in [-0.3, -0.25) is 15.5 Å². The second-order valence-electron chi connectivity index (χ2n) is 5.59. The molecule has 0 bridgehead atoms. The second-order valence-corrected chi connectivity index (χ2v) is 6.85. The lowest BCUT2D eigenvalue weighted by Gasteiger charge is -2.11. The Bertz CT molecular complexity index is 992. The first-order valence-electron chi connectivity index (χ1n) is 8.09. The fourth-order valence-corrected chi connectivity index (χ4v) is 3.31. The van der Waals surface area contributed by atoms with Gasteiger partial charge in [0.15, 0.2) is 5.75 Å². The summed E-state index contributed by atoms with van der Waals surface area (Å²) >= 11 is 9.77. The van der Waals surface area contributed by atoms with E-state index in [1.165, 1.54) is 24.5 Å². The van der Waals surface area contributed by atoms with Crippen LogP contribution in [0.3, 0.4) is 0 Å². The molecule has 3 rings (SSSR count). The summed E-state index contributed by atoms with van der Waals surface area (Å²) in [5.74, 6) is 0.577. The van der Waals surface area contributed by atoms with Crippen molar-refractivity contribution in [2.24, 2.45) is 5.10 Å². The third-order valence-corrected chi connectivity index (χ3v) is 4.48. The van der Waals surface area contributed by atoms with Crippen LogP contribution in [0.1, 0.15) is 11.1 Å². The number of ether oxygens (including phenoxy) is 1. The fourth-order valence-electron chi connectivity index (χ4n) is 2.32. The standard InChI is InChI=1S/C19H14BrClN4O3/c20-15-9-14(11-23-24-19-17(25(26)27)7-4-8-22-19)10-16(21)18(15)28-12-13-5-2-1-3-6-13/h1-11H,12H2,(H,22,24)/b23-11-. The summed E-state index contributed by atoms with van der Waals surface area (Å²) in [6, 6.07) is 16.0. The van der Waals surface area contributed by atoms with Crippen molar-refractivity contribution in [3.63, 3.8) is 0 Å². The Kier molecular flexibility index (Phi) is 6.57. The number of rotatable bonds is 7. The first-order valence-corrected chi connectivity index (χ1v) is 9.26. The monoisotopic (exact) mass is 460 g/mol. The van der Waals surface area contributed by atoms with E-state index < -0.39 is 4.92 Å². The highest BCUT2D eigenvalue weighted by molar-refractivity contribution is 9.10. The van der Waals surface area contributed by atoms with Gasteiger partial charge in [-0.2, -0.15) is 5.10 Å². The largest absolute Gasteiger partial charge is 0.486 e. The molecule has 9 heteroatoms. The average molecular weight is 462 g/mol. The van der Waals surface area contributed by atoms with E-state index in [1.807, 2.05) is 30.3 Å². The van der Waals surface area contributed by atoms with Crippen LogP contribution in [0.2, 0.25) is 5.02 Å². The number of pyridine rings is 1. The molecule has 0 aliphatic rings. The van der Waals surface area contributed by atoms with Crippen LogP contribution in [-0.2, 0) is 6.61 Å². The Morgan fingerprint density at radius 3 is 2.75 bits per heavy atom. The molecule has 28 heavy (non-hydrogen) atoms. The van der Waals surface area contributed by atoms with Crippen molar-refractivity contribution in [3.8, 4) is 5.75 Å². The van der Waals surface area contributed by atoms with Gasteiger partial charge in [0, 0.05) is 12.3 Å². The molecule has 0 saturated heterocycles. The van der Waals surface area contributed by atoms with Gasteiger partial charge in [0.05, 0.1) is 20.6 Å². The van der Waals surface area contributed by atoms with Gasteiger partial charge in [0.2, 0.25) is 5.82 Å². The topological polar surface area (TPSA) is 89.7 Å². The summed E-state index contributed by atoms with van der Waals surface area (Å²) in [6.45, 7) is 0.386. The van der Waals surface area contributed by atoms with Crippen molar-refractivity contribution >= 4 is 45.3 Å². The number of nitrogens with one attached hydrogen (secondary N) is 1. The van der Waals surface area contributed by atoms with Gasteiger partial charge < -0.3 is 4.74 Å². The molecule has 142 valence electrons. The smallest absolute Gasteiger partial charge is 0.313 e. The number of aromatic nitrogens is 1. The molecule has 0 unspecified atom stereocenters. The van der Waals surface area contributed by atoms with E-state index in [9.17, 15) is 10.1 Å². The lowest BCUT2D eigenvalue weighted by atomic mass is 10.2. The van der Waals surface area contributed by atoms with Crippen molar-refractivity contribution in [2.45, 2.75) is 6.61 Å². The minimum absolute atomic E-state index is 0.0525. The van der Waals surface area contributed by atoms with Crippen LogP contribution in [0.4, 0.5) is 11.5 Å².